The summed E-state index contributed by atoms with van der Waals surface area (Å²) < 4.78 is 6.75. The van der Waals surface area contributed by atoms with Gasteiger partial charge in [0.1, 0.15) is 11.3 Å². The Morgan fingerprint density at radius 1 is 0.966 bits per heavy atom. The van der Waals surface area contributed by atoms with Gasteiger partial charge in [-0.15, -0.1) is 0 Å². The zero-order chi connectivity index (χ0) is 20.6. The number of hydrogen-bond donors (Lipinski definition) is 2. The number of benzene rings is 2. The minimum atomic E-state index is -0.680. The minimum Gasteiger partial charge on any atom is -0.452 e. The van der Waals surface area contributed by atoms with Gasteiger partial charge in [0.25, 0.3) is 5.91 Å². The van der Waals surface area contributed by atoms with Gasteiger partial charge in [-0.25, -0.2) is 4.79 Å². The lowest BCUT2D eigenvalue weighted by Gasteiger charge is -2.06. The Morgan fingerprint density at radius 3 is 2.28 bits per heavy atom. The Morgan fingerprint density at radius 2 is 1.62 bits per heavy atom. The maximum absolute atomic E-state index is 12.6. The maximum Gasteiger partial charge on any atom is 0.342 e. The van der Waals surface area contributed by atoms with Crippen LogP contribution in [0.2, 0.25) is 0 Å². The van der Waals surface area contributed by atoms with E-state index in [1.165, 1.54) is 6.92 Å². The van der Waals surface area contributed by atoms with Crippen molar-refractivity contribution in [1.82, 2.24) is 20.6 Å². The number of nitrogens with one attached hydrogen (secondary N) is 2. The molecule has 0 saturated carbocycles. The van der Waals surface area contributed by atoms with E-state index in [4.69, 9.17) is 4.74 Å². The molecule has 0 saturated heterocycles. The highest BCUT2D eigenvalue weighted by Crippen LogP contribution is 2.23. The first kappa shape index (κ1) is 19.8. The average molecular weight is 392 g/mol. The lowest BCUT2D eigenvalue weighted by molar-refractivity contribution is -0.129. The average Bonchev–Trinajstić information content (AvgIpc) is 3.15. The Labute approximate surface area is 167 Å². The smallest absolute Gasteiger partial charge is 0.342 e. The van der Waals surface area contributed by atoms with E-state index in [1.807, 2.05) is 60.7 Å². The molecule has 1 heterocycles. The van der Waals surface area contributed by atoms with Crippen molar-refractivity contribution in [3.63, 3.8) is 0 Å². The fourth-order valence-electron chi connectivity index (χ4n) is 2.63. The van der Waals surface area contributed by atoms with Crippen molar-refractivity contribution in [2.75, 3.05) is 6.61 Å². The molecule has 0 fully saturated rings. The van der Waals surface area contributed by atoms with Crippen molar-refractivity contribution in [2.45, 2.75) is 13.5 Å². The Hall–Kier alpha value is -3.94. The number of hydrogen-bond acceptors (Lipinski definition) is 5. The molecule has 0 aliphatic heterocycles. The molecule has 0 spiro atoms. The van der Waals surface area contributed by atoms with Crippen molar-refractivity contribution in [3.8, 4) is 11.3 Å². The van der Waals surface area contributed by atoms with Crippen LogP contribution in [0.3, 0.4) is 0 Å². The predicted octanol–water partition coefficient (Wildman–Crippen LogP) is 1.92. The molecular formula is C21H20N4O4. The number of esters is 1. The molecule has 0 radical (unpaired) electrons. The lowest BCUT2D eigenvalue weighted by atomic mass is 10.1. The largest absolute Gasteiger partial charge is 0.452 e. The summed E-state index contributed by atoms with van der Waals surface area (Å²) in [5, 5.41) is 4.54. The Kier molecular flexibility index (Phi) is 6.36. The molecule has 2 aromatic carbocycles. The summed E-state index contributed by atoms with van der Waals surface area (Å²) >= 11 is 0. The standard InChI is InChI=1S/C21H20N4O4/c1-15(26)22-23-19(27)14-29-21(28)18-13-25(12-16-8-4-2-5-9-16)24-20(18)17-10-6-3-7-11-17/h2-11,13H,12,14H2,1H3,(H,22,26)(H,23,27). The third kappa shape index (κ3) is 5.52. The normalized spacial score (nSPS) is 10.2. The SMILES string of the molecule is CC(=O)NNC(=O)COC(=O)c1cn(Cc2ccccc2)nc1-c1ccccc1. The van der Waals surface area contributed by atoms with Crippen LogP contribution in [0, 0.1) is 0 Å². The maximum atomic E-state index is 12.6. The third-order valence-electron chi connectivity index (χ3n) is 3.93. The molecule has 0 atom stereocenters. The van der Waals surface area contributed by atoms with E-state index >= 15 is 0 Å². The summed E-state index contributed by atoms with van der Waals surface area (Å²) in [7, 11) is 0. The number of rotatable bonds is 6. The van der Waals surface area contributed by atoms with E-state index in [1.54, 1.807) is 10.9 Å². The molecule has 8 nitrogen and oxygen atoms in total. The van der Waals surface area contributed by atoms with Crippen molar-refractivity contribution in [3.05, 3.63) is 78.0 Å². The van der Waals surface area contributed by atoms with Crippen LogP contribution < -0.4 is 10.9 Å². The van der Waals surface area contributed by atoms with E-state index in [9.17, 15) is 14.4 Å². The van der Waals surface area contributed by atoms with Gasteiger partial charge in [-0.2, -0.15) is 5.10 Å². The molecule has 8 heteroatoms. The summed E-state index contributed by atoms with van der Waals surface area (Å²) in [5.41, 5.74) is 6.77. The number of carbonyl (C=O) groups is 3. The lowest BCUT2D eigenvalue weighted by Crippen LogP contribution is -2.42. The molecule has 0 bridgehead atoms. The van der Waals surface area contributed by atoms with Gasteiger partial charge in [0.2, 0.25) is 5.91 Å². The highest BCUT2D eigenvalue weighted by atomic mass is 16.5. The molecule has 148 valence electrons. The summed E-state index contributed by atoms with van der Waals surface area (Å²) in [4.78, 5) is 35.1. The first-order valence-corrected chi connectivity index (χ1v) is 8.92. The molecular weight excluding hydrogens is 372 g/mol. The van der Waals surface area contributed by atoms with Crippen LogP contribution in [0.15, 0.2) is 66.9 Å². The number of ether oxygens (including phenoxy) is 1. The number of amides is 2. The van der Waals surface area contributed by atoms with Gasteiger partial charge < -0.3 is 4.74 Å². The highest BCUT2D eigenvalue weighted by Gasteiger charge is 2.20. The van der Waals surface area contributed by atoms with Gasteiger partial charge in [0, 0.05) is 18.7 Å². The van der Waals surface area contributed by atoms with Crippen LogP contribution in [-0.2, 0) is 20.9 Å². The summed E-state index contributed by atoms with van der Waals surface area (Å²) in [5.74, 6) is -1.76. The van der Waals surface area contributed by atoms with E-state index < -0.39 is 24.4 Å². The molecule has 3 rings (SSSR count). The number of aromatic nitrogens is 2. The van der Waals surface area contributed by atoms with Gasteiger partial charge in [-0.05, 0) is 5.56 Å². The summed E-state index contributed by atoms with van der Waals surface area (Å²) in [6.45, 7) is 1.20. The second-order valence-corrected chi connectivity index (χ2v) is 6.25. The van der Waals surface area contributed by atoms with Crippen LogP contribution in [-0.4, -0.2) is 34.2 Å². The molecule has 29 heavy (non-hydrogen) atoms. The molecule has 0 aliphatic carbocycles. The summed E-state index contributed by atoms with van der Waals surface area (Å²) in [6, 6.07) is 19.0. The zero-order valence-corrected chi connectivity index (χ0v) is 15.8. The van der Waals surface area contributed by atoms with Crippen LogP contribution in [0.25, 0.3) is 11.3 Å². The van der Waals surface area contributed by atoms with Crippen molar-refractivity contribution < 1.29 is 19.1 Å². The van der Waals surface area contributed by atoms with Gasteiger partial charge in [0.05, 0.1) is 6.54 Å². The van der Waals surface area contributed by atoms with Crippen molar-refractivity contribution in [2.24, 2.45) is 0 Å². The van der Waals surface area contributed by atoms with Crippen molar-refractivity contribution in [1.29, 1.82) is 0 Å². The van der Waals surface area contributed by atoms with Crippen LogP contribution in [0.5, 0.6) is 0 Å². The van der Waals surface area contributed by atoms with E-state index in [0.717, 1.165) is 11.1 Å². The zero-order valence-electron chi connectivity index (χ0n) is 15.8. The highest BCUT2D eigenvalue weighted by molar-refractivity contribution is 5.97. The quantitative estimate of drug-likeness (QED) is 0.493. The number of hydrazine groups is 1. The molecule has 3 aromatic rings. The Balaban J connectivity index is 1.79. The van der Waals surface area contributed by atoms with E-state index in [-0.39, 0.29) is 5.56 Å². The van der Waals surface area contributed by atoms with Gasteiger partial charge in [-0.1, -0.05) is 60.7 Å². The van der Waals surface area contributed by atoms with Gasteiger partial charge in [-0.3, -0.25) is 25.1 Å². The van der Waals surface area contributed by atoms with Gasteiger partial charge in [0.15, 0.2) is 6.61 Å². The first-order valence-electron chi connectivity index (χ1n) is 8.92. The van der Waals surface area contributed by atoms with Crippen LogP contribution in [0.1, 0.15) is 22.8 Å². The minimum absolute atomic E-state index is 0.249. The molecule has 0 unspecified atom stereocenters. The molecule has 2 amide bonds. The number of carbonyl (C=O) groups excluding carboxylic acids is 3. The van der Waals surface area contributed by atoms with Crippen molar-refractivity contribution >= 4 is 17.8 Å². The van der Waals surface area contributed by atoms with E-state index in [0.29, 0.717) is 12.2 Å². The first-order chi connectivity index (χ1) is 14.0. The number of nitrogens with zero attached hydrogens (tertiary/aromatic N) is 2. The second kappa shape index (κ2) is 9.32. The predicted molar refractivity (Wildman–Crippen MR) is 105 cm³/mol. The topological polar surface area (TPSA) is 102 Å². The van der Waals surface area contributed by atoms with Crippen LogP contribution in [0.4, 0.5) is 0 Å². The van der Waals surface area contributed by atoms with Gasteiger partial charge >= 0.3 is 5.97 Å². The monoisotopic (exact) mass is 392 g/mol. The second-order valence-electron chi connectivity index (χ2n) is 6.25. The fourth-order valence-corrected chi connectivity index (χ4v) is 2.63. The molecule has 0 aliphatic rings. The molecule has 1 aromatic heterocycles. The summed E-state index contributed by atoms with van der Waals surface area (Å²) in [6.07, 6.45) is 1.60. The van der Waals surface area contributed by atoms with Crippen LogP contribution >= 0.6 is 0 Å². The van der Waals surface area contributed by atoms with E-state index in [2.05, 4.69) is 16.0 Å². The third-order valence-corrected chi connectivity index (χ3v) is 3.93. The fraction of sp³-hybridized carbons (Fsp3) is 0.143. The Bertz CT molecular complexity index is 1000. The molecule has 2 N–H and O–H groups in total.